The van der Waals surface area contributed by atoms with E-state index in [1.807, 2.05) is 19.9 Å². The van der Waals surface area contributed by atoms with Crippen LogP contribution in [0.1, 0.15) is 31.4 Å². The van der Waals surface area contributed by atoms with Gasteiger partial charge < -0.3 is 0 Å². The first-order valence-corrected chi connectivity index (χ1v) is 11.9. The van der Waals surface area contributed by atoms with Gasteiger partial charge in [0, 0.05) is 5.92 Å². The second-order valence-corrected chi connectivity index (χ2v) is 10.4. The van der Waals surface area contributed by atoms with Crippen LogP contribution < -0.4 is 5.30 Å². The van der Waals surface area contributed by atoms with Gasteiger partial charge in [0.1, 0.15) is 0 Å². The fourth-order valence-corrected chi connectivity index (χ4v) is 7.83. The number of benzene rings is 3. The zero-order chi connectivity index (χ0) is 20.3. The monoisotopic (exact) mass is 398 g/mol. The summed E-state index contributed by atoms with van der Waals surface area (Å²) < 4.78 is 0. The van der Waals surface area contributed by atoms with Crippen molar-refractivity contribution in [2.75, 3.05) is 6.16 Å². The molecule has 3 aromatic carbocycles. The molecule has 1 fully saturated rings. The van der Waals surface area contributed by atoms with Gasteiger partial charge in [-0.25, -0.2) is 0 Å². The van der Waals surface area contributed by atoms with Gasteiger partial charge in [-0.3, -0.25) is 4.79 Å². The Morgan fingerprint density at radius 1 is 0.828 bits per heavy atom. The summed E-state index contributed by atoms with van der Waals surface area (Å²) in [5.41, 5.74) is 3.85. The Hall–Kier alpha value is -2.50. The van der Waals surface area contributed by atoms with Crippen molar-refractivity contribution in [1.29, 1.82) is 0 Å². The van der Waals surface area contributed by atoms with E-state index >= 15 is 0 Å². The van der Waals surface area contributed by atoms with Gasteiger partial charge in [0.15, 0.2) is 5.78 Å². The molecular weight excluding hydrogens is 371 g/mol. The van der Waals surface area contributed by atoms with Crippen molar-refractivity contribution in [2.45, 2.75) is 25.4 Å². The number of allylic oxidation sites excluding steroid dienone is 2. The minimum absolute atomic E-state index is 0.00954. The summed E-state index contributed by atoms with van der Waals surface area (Å²) in [4.78, 5) is 12.8. The molecule has 0 radical (unpaired) electrons. The summed E-state index contributed by atoms with van der Waals surface area (Å²) >= 11 is 0. The Morgan fingerprint density at radius 3 is 1.79 bits per heavy atom. The summed E-state index contributed by atoms with van der Waals surface area (Å²) in [6.45, 7) is 3.97. The van der Waals surface area contributed by atoms with Crippen molar-refractivity contribution in [1.82, 2.24) is 0 Å². The van der Waals surface area contributed by atoms with E-state index in [2.05, 4.69) is 91.0 Å². The topological polar surface area (TPSA) is 17.1 Å². The third-order valence-electron chi connectivity index (χ3n) is 5.81. The Morgan fingerprint density at radius 2 is 1.31 bits per heavy atom. The molecule has 2 heteroatoms. The highest BCUT2D eigenvalue weighted by atomic mass is 31.1. The average Bonchev–Trinajstić information content (AvgIpc) is 3.15. The van der Waals surface area contributed by atoms with Crippen molar-refractivity contribution < 1.29 is 4.79 Å². The molecule has 0 aromatic heterocycles. The minimum atomic E-state index is -0.550. The summed E-state index contributed by atoms with van der Waals surface area (Å²) in [6, 6.07) is 32.5. The molecule has 3 aromatic rings. The Balaban J connectivity index is 2.02. The van der Waals surface area contributed by atoms with Crippen LogP contribution in [0.25, 0.3) is 0 Å². The molecule has 29 heavy (non-hydrogen) atoms. The van der Waals surface area contributed by atoms with Crippen LogP contribution in [0.5, 0.6) is 0 Å². The highest BCUT2D eigenvalue weighted by molar-refractivity contribution is 7.67. The molecular formula is C27H27OP. The highest BCUT2D eigenvalue weighted by Crippen LogP contribution is 2.68. The molecule has 1 saturated heterocycles. The second-order valence-electron chi connectivity index (χ2n) is 7.91. The fraction of sp³-hybridized carbons (Fsp3) is 0.222. The molecule has 0 saturated carbocycles. The van der Waals surface area contributed by atoms with Gasteiger partial charge in [0.05, 0.1) is 5.16 Å². The van der Waals surface area contributed by atoms with Crippen LogP contribution in [0.2, 0.25) is 0 Å². The van der Waals surface area contributed by atoms with E-state index in [9.17, 15) is 4.79 Å². The van der Waals surface area contributed by atoms with Crippen molar-refractivity contribution in [3.63, 3.8) is 0 Å². The van der Waals surface area contributed by atoms with Crippen LogP contribution in [0.4, 0.5) is 0 Å². The zero-order valence-electron chi connectivity index (χ0n) is 17.1. The van der Waals surface area contributed by atoms with Crippen molar-refractivity contribution in [2.24, 2.45) is 5.92 Å². The van der Waals surface area contributed by atoms with Gasteiger partial charge in [-0.05, 0) is 40.7 Å². The lowest BCUT2D eigenvalue weighted by Crippen LogP contribution is -2.29. The summed E-state index contributed by atoms with van der Waals surface area (Å²) in [7, 11) is -0.550. The van der Waals surface area contributed by atoms with Gasteiger partial charge in [-0.1, -0.05) is 113 Å². The first-order valence-electron chi connectivity index (χ1n) is 10.3. The van der Waals surface area contributed by atoms with Crippen LogP contribution >= 0.6 is 7.92 Å². The number of hydrogen-bond acceptors (Lipinski definition) is 1. The number of ketones is 1. The molecule has 1 aliphatic heterocycles. The third kappa shape index (κ3) is 3.61. The van der Waals surface area contributed by atoms with Crippen LogP contribution in [-0.4, -0.2) is 11.9 Å². The molecule has 4 rings (SSSR count). The molecule has 0 aliphatic carbocycles. The van der Waals surface area contributed by atoms with Gasteiger partial charge in [-0.2, -0.15) is 0 Å². The Labute approximate surface area is 175 Å². The van der Waals surface area contributed by atoms with E-state index in [1.165, 1.54) is 22.0 Å². The Bertz CT molecular complexity index is 951. The first-order chi connectivity index (χ1) is 14.1. The lowest BCUT2D eigenvalue weighted by molar-refractivity contribution is -0.117. The largest absolute Gasteiger partial charge is 0.295 e. The second kappa shape index (κ2) is 8.47. The van der Waals surface area contributed by atoms with Gasteiger partial charge in [-0.15, -0.1) is 0 Å². The summed E-state index contributed by atoms with van der Waals surface area (Å²) in [5, 5.41) is 1.14. The molecule has 0 bridgehead atoms. The molecule has 1 heterocycles. The third-order valence-corrected chi connectivity index (χ3v) is 9.02. The maximum atomic E-state index is 12.8. The van der Waals surface area contributed by atoms with Gasteiger partial charge in [0.2, 0.25) is 0 Å². The molecule has 1 unspecified atom stereocenters. The lowest BCUT2D eigenvalue weighted by Gasteiger charge is -2.39. The molecule has 1 aliphatic rings. The van der Waals surface area contributed by atoms with Crippen LogP contribution in [0, 0.1) is 5.92 Å². The average molecular weight is 398 g/mol. The maximum Gasteiger partial charge on any atom is 0.158 e. The molecule has 0 spiro atoms. The zero-order valence-corrected chi connectivity index (χ0v) is 18.0. The van der Waals surface area contributed by atoms with Crippen LogP contribution in [0.3, 0.4) is 0 Å². The quantitative estimate of drug-likeness (QED) is 0.364. The fourth-order valence-electron chi connectivity index (χ4n) is 4.41. The Kier molecular flexibility index (Phi) is 5.79. The maximum absolute atomic E-state index is 12.8. The smallest absolute Gasteiger partial charge is 0.158 e. The molecule has 0 amide bonds. The number of rotatable bonds is 5. The number of hydrogen-bond donors (Lipinski definition) is 0. The number of carbonyl (C=O) groups excluding carboxylic acids is 1. The standard InChI is InChI=1S/C27H27OP/c1-21(2)26(28)20-24-18-19-29(25-16-10-5-11-17-25)27(24,22-12-6-3-7-13-22)23-14-8-4-9-15-23/h3-17,20-21H,18-19H2,1-2H3. The van der Waals surface area contributed by atoms with E-state index in [1.54, 1.807) is 0 Å². The van der Waals surface area contributed by atoms with E-state index in [0.717, 1.165) is 12.6 Å². The SMILES string of the molecule is CC(C)C(=O)C=C1CCP(c2ccccc2)C1(c1ccccc1)c1ccccc1. The van der Waals surface area contributed by atoms with Crippen molar-refractivity contribution in [3.05, 3.63) is 114 Å². The molecule has 146 valence electrons. The van der Waals surface area contributed by atoms with Crippen molar-refractivity contribution in [3.8, 4) is 0 Å². The summed E-state index contributed by atoms with van der Waals surface area (Å²) in [5.74, 6) is 0.233. The molecule has 1 nitrogen and oxygen atoms in total. The normalized spacial score (nSPS) is 19.6. The van der Waals surface area contributed by atoms with E-state index < -0.39 is 7.92 Å². The lowest BCUT2D eigenvalue weighted by atomic mass is 9.82. The first kappa shape index (κ1) is 19.8. The molecule has 1 atom stereocenters. The molecule has 0 N–H and O–H groups in total. The van der Waals surface area contributed by atoms with Crippen molar-refractivity contribution >= 4 is 19.0 Å². The van der Waals surface area contributed by atoms with E-state index in [4.69, 9.17) is 0 Å². The van der Waals surface area contributed by atoms with Gasteiger partial charge in [0.25, 0.3) is 0 Å². The summed E-state index contributed by atoms with van der Waals surface area (Å²) in [6.07, 6.45) is 4.03. The van der Waals surface area contributed by atoms with Crippen LogP contribution in [-0.2, 0) is 9.95 Å². The predicted octanol–water partition coefficient (Wildman–Crippen LogP) is 6.29. The predicted molar refractivity (Wildman–Crippen MR) is 124 cm³/mol. The van der Waals surface area contributed by atoms with E-state index in [-0.39, 0.29) is 16.9 Å². The number of carbonyl (C=O) groups is 1. The minimum Gasteiger partial charge on any atom is -0.295 e. The highest BCUT2D eigenvalue weighted by Gasteiger charge is 2.49. The van der Waals surface area contributed by atoms with Gasteiger partial charge >= 0.3 is 0 Å². The van der Waals surface area contributed by atoms with Crippen LogP contribution in [0.15, 0.2) is 103 Å². The van der Waals surface area contributed by atoms with E-state index in [0.29, 0.717) is 0 Å².